The topological polar surface area (TPSA) is 88.8 Å². The Morgan fingerprint density at radius 3 is 2.95 bits per heavy atom. The fourth-order valence-electron chi connectivity index (χ4n) is 1.82. The van der Waals surface area contributed by atoms with Crippen molar-refractivity contribution in [1.82, 2.24) is 15.0 Å². The van der Waals surface area contributed by atoms with Gasteiger partial charge in [0.15, 0.2) is 0 Å². The summed E-state index contributed by atoms with van der Waals surface area (Å²) >= 11 is 0. The van der Waals surface area contributed by atoms with Crippen LogP contribution in [0.2, 0.25) is 0 Å². The molecule has 0 atom stereocenters. The Kier molecular flexibility index (Phi) is 5.43. The van der Waals surface area contributed by atoms with Crippen molar-refractivity contribution in [2.24, 2.45) is 5.92 Å². The molecule has 6 nitrogen and oxygen atoms in total. The summed E-state index contributed by atoms with van der Waals surface area (Å²) < 4.78 is 5.61. The summed E-state index contributed by atoms with van der Waals surface area (Å²) in [7, 11) is 0. The first-order valence-corrected chi connectivity index (χ1v) is 7.26. The van der Waals surface area contributed by atoms with E-state index in [0.29, 0.717) is 24.1 Å². The van der Waals surface area contributed by atoms with Gasteiger partial charge in [0.25, 0.3) is 0 Å². The lowest BCUT2D eigenvalue weighted by Crippen LogP contribution is -2.10. The Morgan fingerprint density at radius 2 is 2.24 bits per heavy atom. The van der Waals surface area contributed by atoms with Crippen molar-refractivity contribution in [1.29, 1.82) is 0 Å². The lowest BCUT2D eigenvalue weighted by atomic mass is 10.2. The molecule has 0 aliphatic heterocycles. The van der Waals surface area contributed by atoms with Gasteiger partial charge in [0.1, 0.15) is 11.6 Å². The molecule has 0 unspecified atom stereocenters. The number of hydrogen-bond acceptors (Lipinski definition) is 5. The summed E-state index contributed by atoms with van der Waals surface area (Å²) in [6.45, 7) is 5.61. The van der Waals surface area contributed by atoms with Crippen LogP contribution in [0, 0.1) is 5.92 Å². The van der Waals surface area contributed by atoms with E-state index in [2.05, 4.69) is 34.1 Å². The Balaban J connectivity index is 1.81. The lowest BCUT2D eigenvalue weighted by Gasteiger charge is -2.12. The number of rotatable bonds is 8. The van der Waals surface area contributed by atoms with Crippen LogP contribution in [-0.2, 0) is 6.42 Å². The van der Waals surface area contributed by atoms with Crippen molar-refractivity contribution >= 4 is 11.5 Å². The highest BCUT2D eigenvalue weighted by Crippen LogP contribution is 2.21. The Morgan fingerprint density at radius 1 is 1.38 bits per heavy atom. The molecule has 2 rings (SSSR count). The minimum atomic E-state index is 0.441. The second kappa shape index (κ2) is 7.52. The molecule has 0 amide bonds. The van der Waals surface area contributed by atoms with Crippen LogP contribution in [0.15, 0.2) is 24.5 Å². The Bertz CT molecular complexity index is 539. The summed E-state index contributed by atoms with van der Waals surface area (Å²) in [5, 5.41) is 3.27. The van der Waals surface area contributed by atoms with Crippen LogP contribution >= 0.6 is 0 Å². The molecule has 6 heteroatoms. The zero-order chi connectivity index (χ0) is 15.1. The van der Waals surface area contributed by atoms with Gasteiger partial charge in [-0.3, -0.25) is 0 Å². The van der Waals surface area contributed by atoms with Gasteiger partial charge < -0.3 is 20.8 Å². The number of aromatic nitrogens is 3. The second-order valence-electron chi connectivity index (χ2n) is 5.36. The molecular weight excluding hydrogens is 266 g/mol. The average molecular weight is 289 g/mol. The van der Waals surface area contributed by atoms with Crippen molar-refractivity contribution in [3.8, 4) is 5.88 Å². The number of hydrogen-bond donors (Lipinski definition) is 3. The molecule has 114 valence electrons. The van der Waals surface area contributed by atoms with Crippen molar-refractivity contribution in [2.45, 2.75) is 26.7 Å². The van der Waals surface area contributed by atoms with Gasteiger partial charge in [-0.05, 0) is 24.5 Å². The van der Waals surface area contributed by atoms with Crippen LogP contribution in [0.3, 0.4) is 0 Å². The highest BCUT2D eigenvalue weighted by molar-refractivity contribution is 5.53. The summed E-state index contributed by atoms with van der Waals surface area (Å²) in [5.41, 5.74) is 6.43. The van der Waals surface area contributed by atoms with Gasteiger partial charge in [-0.15, -0.1) is 0 Å². The number of nitrogens with zero attached hydrogens (tertiary/aromatic N) is 2. The van der Waals surface area contributed by atoms with Crippen LogP contribution in [0.4, 0.5) is 11.5 Å². The maximum Gasteiger partial charge on any atom is 0.239 e. The van der Waals surface area contributed by atoms with Crippen LogP contribution in [0.5, 0.6) is 5.88 Å². The molecule has 0 radical (unpaired) electrons. The molecule has 21 heavy (non-hydrogen) atoms. The fraction of sp³-hybridized carbons (Fsp3) is 0.467. The third-order valence-electron chi connectivity index (χ3n) is 2.89. The average Bonchev–Trinajstić information content (AvgIpc) is 2.97. The number of ether oxygens (including phenoxy) is 1. The molecular formula is C15H23N5O. The molecule has 0 spiro atoms. The van der Waals surface area contributed by atoms with Gasteiger partial charge >= 0.3 is 0 Å². The number of aromatic amines is 1. The summed E-state index contributed by atoms with van der Waals surface area (Å²) in [6, 6.07) is 3.68. The van der Waals surface area contributed by atoms with Crippen molar-refractivity contribution in [3.05, 3.63) is 30.4 Å². The first-order chi connectivity index (χ1) is 10.1. The van der Waals surface area contributed by atoms with E-state index in [-0.39, 0.29) is 0 Å². The van der Waals surface area contributed by atoms with Crippen molar-refractivity contribution in [3.63, 3.8) is 0 Å². The maximum atomic E-state index is 5.87. The zero-order valence-corrected chi connectivity index (χ0v) is 12.6. The van der Waals surface area contributed by atoms with Crippen LogP contribution in [-0.4, -0.2) is 28.1 Å². The number of nitrogen functional groups attached to an aromatic ring is 1. The minimum Gasteiger partial charge on any atom is -0.476 e. The monoisotopic (exact) mass is 289 g/mol. The first-order valence-electron chi connectivity index (χ1n) is 7.26. The summed E-state index contributed by atoms with van der Waals surface area (Å²) in [5.74, 6) is 2.72. The number of H-pyrrole nitrogens is 1. The Hall–Kier alpha value is -2.24. The van der Waals surface area contributed by atoms with E-state index in [9.17, 15) is 0 Å². The molecule has 0 saturated heterocycles. The van der Waals surface area contributed by atoms with E-state index < -0.39 is 0 Å². The number of nitrogens with two attached hydrogens (primary N) is 1. The van der Waals surface area contributed by atoms with Crippen molar-refractivity contribution < 1.29 is 4.74 Å². The van der Waals surface area contributed by atoms with Gasteiger partial charge in [-0.25, -0.2) is 4.98 Å². The highest BCUT2D eigenvalue weighted by atomic mass is 16.5. The van der Waals surface area contributed by atoms with Gasteiger partial charge in [-0.1, -0.05) is 13.8 Å². The molecule has 0 bridgehead atoms. The highest BCUT2D eigenvalue weighted by Gasteiger charge is 2.05. The first kappa shape index (κ1) is 15.2. The molecule has 4 N–H and O–H groups in total. The molecule has 2 aromatic rings. The maximum absolute atomic E-state index is 5.87. The Labute approximate surface area is 125 Å². The van der Waals surface area contributed by atoms with E-state index in [4.69, 9.17) is 10.5 Å². The molecule has 0 aliphatic rings. The summed E-state index contributed by atoms with van der Waals surface area (Å²) in [4.78, 5) is 11.7. The normalized spacial score (nSPS) is 10.8. The molecule has 0 aliphatic carbocycles. The van der Waals surface area contributed by atoms with E-state index >= 15 is 0 Å². The second-order valence-corrected chi connectivity index (χ2v) is 5.36. The third kappa shape index (κ3) is 4.98. The van der Waals surface area contributed by atoms with Gasteiger partial charge in [-0.2, -0.15) is 4.98 Å². The molecule has 2 aromatic heterocycles. The smallest absolute Gasteiger partial charge is 0.239 e. The zero-order valence-electron chi connectivity index (χ0n) is 12.6. The van der Waals surface area contributed by atoms with E-state index in [1.54, 1.807) is 6.20 Å². The van der Waals surface area contributed by atoms with Crippen LogP contribution in [0.25, 0.3) is 0 Å². The van der Waals surface area contributed by atoms with Gasteiger partial charge in [0.2, 0.25) is 5.88 Å². The lowest BCUT2D eigenvalue weighted by molar-refractivity contribution is 0.263. The summed E-state index contributed by atoms with van der Waals surface area (Å²) in [6.07, 6.45) is 5.48. The molecule has 0 saturated carbocycles. The minimum absolute atomic E-state index is 0.441. The largest absolute Gasteiger partial charge is 0.476 e. The van der Waals surface area contributed by atoms with E-state index in [1.165, 1.54) is 0 Å². The molecule has 0 aromatic carbocycles. The van der Waals surface area contributed by atoms with Gasteiger partial charge in [0.05, 0.1) is 12.3 Å². The third-order valence-corrected chi connectivity index (χ3v) is 2.89. The van der Waals surface area contributed by atoms with Crippen molar-refractivity contribution in [2.75, 3.05) is 24.2 Å². The fourth-order valence-corrected chi connectivity index (χ4v) is 1.82. The van der Waals surface area contributed by atoms with Gasteiger partial charge in [0, 0.05) is 25.4 Å². The number of nitrogens with one attached hydrogen (secondary N) is 2. The molecule has 0 fully saturated rings. The van der Waals surface area contributed by atoms with E-state index in [0.717, 1.165) is 31.0 Å². The number of aryl methyl sites for hydroxylation is 1. The predicted molar refractivity (Wildman–Crippen MR) is 84.4 cm³/mol. The predicted octanol–water partition coefficient (Wildman–Crippen LogP) is 2.47. The van der Waals surface area contributed by atoms with Crippen LogP contribution < -0.4 is 15.8 Å². The number of imidazole rings is 1. The number of pyridine rings is 1. The quantitative estimate of drug-likeness (QED) is 0.650. The van der Waals surface area contributed by atoms with Crippen LogP contribution in [0.1, 0.15) is 26.1 Å². The SMILES string of the molecule is CC(C)COc1nc(NCCCc2ncc[nH]2)ccc1N. The van der Waals surface area contributed by atoms with E-state index in [1.807, 2.05) is 18.3 Å². The molecule has 2 heterocycles. The standard InChI is InChI=1S/C15H23N5O/c1-11(2)10-21-15-12(16)5-6-14(20-15)17-7-3-4-13-18-8-9-19-13/h5-6,8-9,11H,3-4,7,10,16H2,1-2H3,(H,17,20)(H,18,19). The number of anilines is 2.